The Hall–Kier alpha value is -2.12. The zero-order valence-corrected chi connectivity index (χ0v) is 13.6. The molecule has 1 heterocycles. The number of carbonyl (C=O) groups is 4. The summed E-state index contributed by atoms with van der Waals surface area (Å²) in [6, 6.07) is -1.64. The molecule has 3 amide bonds. The predicted molar refractivity (Wildman–Crippen MR) is 85.3 cm³/mol. The van der Waals surface area contributed by atoms with E-state index in [9.17, 15) is 19.2 Å². The average molecular weight is 339 g/mol. The largest absolute Gasteiger partial charge is 0.465 e. The van der Waals surface area contributed by atoms with Gasteiger partial charge in [0, 0.05) is 12.5 Å². The molecule has 0 aromatic rings. The van der Waals surface area contributed by atoms with Gasteiger partial charge >= 0.3 is 6.09 Å². The van der Waals surface area contributed by atoms with Crippen LogP contribution in [0, 0.1) is 11.8 Å². The van der Waals surface area contributed by atoms with Gasteiger partial charge in [0.1, 0.15) is 12.3 Å². The molecule has 8 nitrogen and oxygen atoms in total. The maximum Gasteiger partial charge on any atom is 0.405 e. The van der Waals surface area contributed by atoms with Gasteiger partial charge < -0.3 is 25.9 Å². The van der Waals surface area contributed by atoms with Gasteiger partial charge in [-0.3, -0.25) is 9.59 Å². The molecule has 2 rings (SSSR count). The number of hydrogen-bond acceptors (Lipinski definition) is 4. The lowest BCUT2D eigenvalue weighted by atomic mass is 9.83. The second-order valence-corrected chi connectivity index (χ2v) is 6.59. The smallest absolute Gasteiger partial charge is 0.405 e. The van der Waals surface area contributed by atoms with Gasteiger partial charge in [0.15, 0.2) is 0 Å². The van der Waals surface area contributed by atoms with Crippen LogP contribution in [0.1, 0.15) is 44.9 Å². The predicted octanol–water partition coefficient (Wildman–Crippen LogP) is 0.413. The first-order valence-corrected chi connectivity index (χ1v) is 8.54. The number of rotatable bonds is 7. The molecule has 0 spiro atoms. The van der Waals surface area contributed by atoms with Crippen molar-refractivity contribution < 1.29 is 24.3 Å². The van der Waals surface area contributed by atoms with E-state index in [-0.39, 0.29) is 24.2 Å². The van der Waals surface area contributed by atoms with Crippen molar-refractivity contribution in [2.75, 3.05) is 6.54 Å². The van der Waals surface area contributed by atoms with Crippen LogP contribution in [0.4, 0.5) is 4.79 Å². The third-order valence-corrected chi connectivity index (χ3v) is 4.88. The highest BCUT2D eigenvalue weighted by molar-refractivity contribution is 5.88. The number of aldehydes is 1. The minimum atomic E-state index is -1.25. The van der Waals surface area contributed by atoms with Crippen LogP contribution in [-0.2, 0) is 14.4 Å². The van der Waals surface area contributed by atoms with Gasteiger partial charge in [0.2, 0.25) is 11.8 Å². The summed E-state index contributed by atoms with van der Waals surface area (Å²) in [6.45, 7) is 0.578. The second kappa shape index (κ2) is 8.65. The molecule has 24 heavy (non-hydrogen) atoms. The van der Waals surface area contributed by atoms with Gasteiger partial charge in [-0.1, -0.05) is 19.3 Å². The molecule has 4 N–H and O–H groups in total. The molecule has 1 aliphatic carbocycles. The van der Waals surface area contributed by atoms with Gasteiger partial charge in [-0.15, -0.1) is 0 Å². The Bertz CT molecular complexity index is 490. The monoisotopic (exact) mass is 339 g/mol. The Labute approximate surface area is 140 Å². The molecule has 1 aliphatic heterocycles. The first kappa shape index (κ1) is 18.2. The number of hydrogen-bond donors (Lipinski definition) is 4. The molecule has 0 aromatic heterocycles. The normalized spacial score (nSPS) is 23.8. The van der Waals surface area contributed by atoms with Crippen molar-refractivity contribution in [2.24, 2.45) is 11.8 Å². The molecule has 134 valence electrons. The lowest BCUT2D eigenvalue weighted by Crippen LogP contribution is -2.53. The number of nitrogens with one attached hydrogen (secondary N) is 3. The minimum absolute atomic E-state index is 0.0584. The van der Waals surface area contributed by atoms with Crippen LogP contribution in [0.15, 0.2) is 0 Å². The van der Waals surface area contributed by atoms with E-state index in [0.717, 1.165) is 32.1 Å². The van der Waals surface area contributed by atoms with Crippen molar-refractivity contribution in [3.05, 3.63) is 0 Å². The maximum atomic E-state index is 12.5. The summed E-state index contributed by atoms with van der Waals surface area (Å²) in [6.07, 6.45) is 4.84. The van der Waals surface area contributed by atoms with Gasteiger partial charge in [-0.05, 0) is 31.6 Å². The van der Waals surface area contributed by atoms with E-state index >= 15 is 0 Å². The summed E-state index contributed by atoms with van der Waals surface area (Å²) in [4.78, 5) is 46.4. The molecular formula is C16H25N3O5. The Morgan fingerprint density at radius 2 is 1.92 bits per heavy atom. The van der Waals surface area contributed by atoms with Crippen LogP contribution in [0.25, 0.3) is 0 Å². The van der Waals surface area contributed by atoms with Crippen molar-refractivity contribution in [3.8, 4) is 0 Å². The first-order chi connectivity index (χ1) is 11.5. The van der Waals surface area contributed by atoms with Gasteiger partial charge in [-0.2, -0.15) is 0 Å². The fraction of sp³-hybridized carbons (Fsp3) is 0.750. The highest BCUT2D eigenvalue weighted by Crippen LogP contribution is 2.27. The van der Waals surface area contributed by atoms with Crippen LogP contribution >= 0.6 is 0 Å². The molecule has 0 radical (unpaired) electrons. The van der Waals surface area contributed by atoms with Crippen LogP contribution in [-0.4, -0.2) is 47.9 Å². The highest BCUT2D eigenvalue weighted by atomic mass is 16.4. The lowest BCUT2D eigenvalue weighted by molar-refractivity contribution is -0.128. The quantitative estimate of drug-likeness (QED) is 0.500. The SMILES string of the molecule is O=CC(CC1CCNC1=O)NC(=O)[C@@H](NC(=O)O)C1CCCCC1. The zero-order valence-electron chi connectivity index (χ0n) is 13.6. The van der Waals surface area contributed by atoms with Crippen LogP contribution in [0.2, 0.25) is 0 Å². The summed E-state index contributed by atoms with van der Waals surface area (Å²) in [5.74, 6) is -0.943. The van der Waals surface area contributed by atoms with Crippen molar-refractivity contribution >= 4 is 24.2 Å². The van der Waals surface area contributed by atoms with Gasteiger partial charge in [-0.25, -0.2) is 4.79 Å². The van der Waals surface area contributed by atoms with E-state index in [4.69, 9.17) is 5.11 Å². The molecule has 1 saturated heterocycles. The maximum absolute atomic E-state index is 12.5. The van der Waals surface area contributed by atoms with E-state index in [1.54, 1.807) is 0 Å². The Kier molecular flexibility index (Phi) is 6.57. The van der Waals surface area contributed by atoms with Gasteiger partial charge in [0.25, 0.3) is 0 Å². The van der Waals surface area contributed by atoms with E-state index in [2.05, 4.69) is 16.0 Å². The van der Waals surface area contributed by atoms with Crippen molar-refractivity contribution in [1.29, 1.82) is 0 Å². The van der Waals surface area contributed by atoms with Crippen LogP contribution in [0.3, 0.4) is 0 Å². The standard InChI is InChI=1S/C16H25N3O5/c20-9-12(8-11-6-7-17-14(11)21)18-15(22)13(19-16(23)24)10-4-2-1-3-5-10/h9-13,19H,1-8H2,(H,17,21)(H,18,22)(H,23,24)/t11?,12?,13-/m0/s1. The van der Waals surface area contributed by atoms with Gasteiger partial charge in [0.05, 0.1) is 6.04 Å². The zero-order chi connectivity index (χ0) is 17.5. The molecule has 2 unspecified atom stereocenters. The van der Waals surface area contributed by atoms with Crippen LogP contribution < -0.4 is 16.0 Å². The molecule has 0 aromatic carbocycles. The first-order valence-electron chi connectivity index (χ1n) is 8.54. The topological polar surface area (TPSA) is 125 Å². The summed E-state index contributed by atoms with van der Waals surface area (Å²) in [7, 11) is 0. The molecule has 1 saturated carbocycles. The number of carbonyl (C=O) groups excluding carboxylic acids is 3. The van der Waals surface area contributed by atoms with Crippen molar-refractivity contribution in [2.45, 2.75) is 57.0 Å². The van der Waals surface area contributed by atoms with E-state index in [0.29, 0.717) is 19.3 Å². The highest BCUT2D eigenvalue weighted by Gasteiger charge is 2.33. The number of carboxylic acid groups (broad SMARTS) is 1. The summed E-state index contributed by atoms with van der Waals surface area (Å²) in [5.41, 5.74) is 0. The summed E-state index contributed by atoms with van der Waals surface area (Å²) >= 11 is 0. The average Bonchev–Trinajstić information content (AvgIpc) is 2.97. The van der Waals surface area contributed by atoms with Crippen molar-refractivity contribution in [3.63, 3.8) is 0 Å². The number of amides is 3. The summed E-state index contributed by atoms with van der Waals surface area (Å²) < 4.78 is 0. The second-order valence-electron chi connectivity index (χ2n) is 6.59. The molecule has 2 fully saturated rings. The Morgan fingerprint density at radius 1 is 1.21 bits per heavy atom. The Morgan fingerprint density at radius 3 is 2.46 bits per heavy atom. The van der Waals surface area contributed by atoms with E-state index in [1.807, 2.05) is 0 Å². The fourth-order valence-corrected chi connectivity index (χ4v) is 3.60. The Balaban J connectivity index is 1.97. The van der Waals surface area contributed by atoms with E-state index in [1.165, 1.54) is 0 Å². The van der Waals surface area contributed by atoms with Crippen LogP contribution in [0.5, 0.6) is 0 Å². The molecule has 3 atom stereocenters. The lowest BCUT2D eigenvalue weighted by Gasteiger charge is -2.30. The molecular weight excluding hydrogens is 314 g/mol. The minimum Gasteiger partial charge on any atom is -0.465 e. The molecule has 8 heteroatoms. The summed E-state index contributed by atoms with van der Waals surface area (Å²) in [5, 5.41) is 16.6. The van der Waals surface area contributed by atoms with E-state index < -0.39 is 24.1 Å². The molecule has 0 bridgehead atoms. The molecule has 2 aliphatic rings. The fourth-order valence-electron chi connectivity index (χ4n) is 3.60. The third-order valence-electron chi connectivity index (χ3n) is 4.88. The third kappa shape index (κ3) is 4.94. The van der Waals surface area contributed by atoms with Crippen molar-refractivity contribution in [1.82, 2.24) is 16.0 Å².